The van der Waals surface area contributed by atoms with E-state index in [2.05, 4.69) is 15.0 Å². The van der Waals surface area contributed by atoms with Crippen molar-refractivity contribution in [1.29, 1.82) is 0 Å². The average Bonchev–Trinajstić information content (AvgIpc) is 2.68. The van der Waals surface area contributed by atoms with Crippen molar-refractivity contribution >= 4 is 33.1 Å². The Hall–Kier alpha value is -3.59. The molecule has 0 saturated heterocycles. The zero-order valence-electron chi connectivity index (χ0n) is 15.2. The molecule has 0 atom stereocenters. The van der Waals surface area contributed by atoms with Gasteiger partial charge in [0.1, 0.15) is 11.5 Å². The molecule has 0 bridgehead atoms. The summed E-state index contributed by atoms with van der Waals surface area (Å²) in [7, 11) is -4.00. The summed E-state index contributed by atoms with van der Waals surface area (Å²) in [5.41, 5.74) is 0.576. The molecule has 1 amide bonds. The first-order valence-corrected chi connectivity index (χ1v) is 9.90. The number of hydrogen-bond acceptors (Lipinski definition) is 5. The number of hydrogen-bond donors (Lipinski definition) is 2. The van der Waals surface area contributed by atoms with Gasteiger partial charge in [-0.25, -0.2) is 17.8 Å². The summed E-state index contributed by atoms with van der Waals surface area (Å²) < 4.78 is 40.9. The molecule has 0 aliphatic carbocycles. The maximum absolute atomic E-state index is 13.1. The first kappa shape index (κ1) is 20.2. The van der Waals surface area contributed by atoms with E-state index in [9.17, 15) is 22.4 Å². The lowest BCUT2D eigenvalue weighted by Gasteiger charge is -2.12. The summed E-state index contributed by atoms with van der Waals surface area (Å²) in [5, 5.41) is 2.55. The number of para-hydroxylation sites is 1. The van der Waals surface area contributed by atoms with Crippen LogP contribution >= 0.6 is 0 Å². The number of sulfonamides is 1. The van der Waals surface area contributed by atoms with Crippen LogP contribution in [0, 0.1) is 5.82 Å². The third-order valence-electron chi connectivity index (χ3n) is 3.86. The predicted molar refractivity (Wildman–Crippen MR) is 106 cm³/mol. The van der Waals surface area contributed by atoms with E-state index in [0.29, 0.717) is 5.69 Å². The minimum Gasteiger partial charge on any atom is -0.326 e. The molecule has 2 aromatic carbocycles. The van der Waals surface area contributed by atoms with Crippen molar-refractivity contribution in [3.05, 3.63) is 83.9 Å². The molecular weight excluding hydrogens is 397 g/mol. The van der Waals surface area contributed by atoms with Crippen LogP contribution in [-0.4, -0.2) is 25.1 Å². The Kier molecular flexibility index (Phi) is 5.69. The Labute approximate surface area is 166 Å². The zero-order valence-corrected chi connectivity index (χ0v) is 16.0. The van der Waals surface area contributed by atoms with E-state index in [4.69, 9.17) is 0 Å². The molecule has 2 N–H and O–H groups in total. The van der Waals surface area contributed by atoms with Gasteiger partial charge >= 0.3 is 0 Å². The molecule has 1 heterocycles. The number of amides is 1. The van der Waals surface area contributed by atoms with Crippen molar-refractivity contribution in [3.63, 3.8) is 0 Å². The number of aromatic nitrogens is 1. The molecule has 148 valence electrons. The zero-order chi connectivity index (χ0) is 21.0. The van der Waals surface area contributed by atoms with Gasteiger partial charge in [0, 0.05) is 18.2 Å². The standard InChI is InChI=1S/C20H16FN3O4S/c1-13(25)23-15-7-9-16(10-8-15)29(27,28)24-18-5-3-2-4-17(18)20(26)19-11-6-14(21)12-22-19/h2-12,24H,1H3,(H,23,25). The molecule has 0 aliphatic rings. The lowest BCUT2D eigenvalue weighted by atomic mass is 10.1. The topological polar surface area (TPSA) is 105 Å². The van der Waals surface area contributed by atoms with Crippen LogP contribution < -0.4 is 10.0 Å². The van der Waals surface area contributed by atoms with Gasteiger partial charge in [-0.2, -0.15) is 0 Å². The van der Waals surface area contributed by atoms with E-state index in [-0.39, 0.29) is 27.7 Å². The molecule has 0 fully saturated rings. The van der Waals surface area contributed by atoms with Gasteiger partial charge < -0.3 is 5.32 Å². The average molecular weight is 413 g/mol. The van der Waals surface area contributed by atoms with Crippen LogP contribution in [-0.2, 0) is 14.8 Å². The van der Waals surface area contributed by atoms with Crippen molar-refractivity contribution in [2.75, 3.05) is 10.0 Å². The van der Waals surface area contributed by atoms with E-state index in [1.807, 2.05) is 0 Å². The van der Waals surface area contributed by atoms with Gasteiger partial charge in [-0.05, 0) is 48.5 Å². The lowest BCUT2D eigenvalue weighted by molar-refractivity contribution is -0.114. The van der Waals surface area contributed by atoms with Crippen molar-refractivity contribution < 1.29 is 22.4 Å². The molecule has 0 spiro atoms. The largest absolute Gasteiger partial charge is 0.326 e. The first-order chi connectivity index (χ1) is 13.8. The van der Waals surface area contributed by atoms with E-state index < -0.39 is 21.6 Å². The fourth-order valence-electron chi connectivity index (χ4n) is 2.54. The van der Waals surface area contributed by atoms with Gasteiger partial charge in [0.25, 0.3) is 10.0 Å². The van der Waals surface area contributed by atoms with Crippen LogP contribution in [0.2, 0.25) is 0 Å². The maximum Gasteiger partial charge on any atom is 0.261 e. The lowest BCUT2D eigenvalue weighted by Crippen LogP contribution is -2.16. The van der Waals surface area contributed by atoms with Gasteiger partial charge in [0.15, 0.2) is 0 Å². The summed E-state index contributed by atoms with van der Waals surface area (Å²) in [6.07, 6.45) is 0.913. The monoisotopic (exact) mass is 413 g/mol. The SMILES string of the molecule is CC(=O)Nc1ccc(S(=O)(=O)Nc2ccccc2C(=O)c2ccc(F)cn2)cc1. The molecule has 9 heteroatoms. The number of anilines is 2. The maximum atomic E-state index is 13.1. The molecule has 0 radical (unpaired) electrons. The second-order valence-electron chi connectivity index (χ2n) is 6.05. The Bertz CT molecular complexity index is 1160. The summed E-state index contributed by atoms with van der Waals surface area (Å²) in [6, 6.07) is 14.0. The summed E-state index contributed by atoms with van der Waals surface area (Å²) >= 11 is 0. The number of carbonyl (C=O) groups excluding carboxylic acids is 2. The minimum atomic E-state index is -4.00. The number of benzene rings is 2. The Morgan fingerprint density at radius 3 is 2.28 bits per heavy atom. The normalized spacial score (nSPS) is 11.0. The van der Waals surface area contributed by atoms with Crippen molar-refractivity contribution in [2.45, 2.75) is 11.8 Å². The molecular formula is C20H16FN3O4S. The molecule has 1 aromatic heterocycles. The van der Waals surface area contributed by atoms with E-state index >= 15 is 0 Å². The highest BCUT2D eigenvalue weighted by atomic mass is 32.2. The number of halogens is 1. The molecule has 7 nitrogen and oxygen atoms in total. The second-order valence-corrected chi connectivity index (χ2v) is 7.73. The number of rotatable bonds is 6. The quantitative estimate of drug-likeness (QED) is 0.604. The number of ketones is 1. The van der Waals surface area contributed by atoms with Crippen LogP contribution in [0.25, 0.3) is 0 Å². The van der Waals surface area contributed by atoms with Crippen LogP contribution in [0.3, 0.4) is 0 Å². The Morgan fingerprint density at radius 2 is 1.66 bits per heavy atom. The summed E-state index contributed by atoms with van der Waals surface area (Å²) in [4.78, 5) is 27.5. The smallest absolute Gasteiger partial charge is 0.261 e. The fourth-order valence-corrected chi connectivity index (χ4v) is 3.62. The van der Waals surface area contributed by atoms with Gasteiger partial charge in [-0.15, -0.1) is 0 Å². The van der Waals surface area contributed by atoms with Gasteiger partial charge in [0.05, 0.1) is 16.8 Å². The predicted octanol–water partition coefficient (Wildman–Crippen LogP) is 3.21. The number of carbonyl (C=O) groups is 2. The third kappa shape index (κ3) is 4.82. The number of nitrogens with zero attached hydrogens (tertiary/aromatic N) is 1. The first-order valence-electron chi connectivity index (χ1n) is 8.42. The van der Waals surface area contributed by atoms with Crippen molar-refractivity contribution in [1.82, 2.24) is 4.98 Å². The molecule has 3 rings (SSSR count). The summed E-state index contributed by atoms with van der Waals surface area (Å²) in [6.45, 7) is 1.34. The fraction of sp³-hybridized carbons (Fsp3) is 0.0500. The number of pyridine rings is 1. The van der Waals surface area contributed by atoms with Crippen LogP contribution in [0.15, 0.2) is 71.8 Å². The molecule has 29 heavy (non-hydrogen) atoms. The Morgan fingerprint density at radius 1 is 0.966 bits per heavy atom. The van der Waals surface area contributed by atoms with E-state index in [1.165, 1.54) is 49.4 Å². The molecule has 0 unspecified atom stereocenters. The second kappa shape index (κ2) is 8.19. The van der Waals surface area contributed by atoms with Crippen molar-refractivity contribution in [3.8, 4) is 0 Å². The van der Waals surface area contributed by atoms with Crippen LogP contribution in [0.1, 0.15) is 23.0 Å². The highest BCUT2D eigenvalue weighted by Crippen LogP contribution is 2.23. The molecule has 0 aliphatic heterocycles. The van der Waals surface area contributed by atoms with Crippen molar-refractivity contribution in [2.24, 2.45) is 0 Å². The van der Waals surface area contributed by atoms with E-state index in [0.717, 1.165) is 12.3 Å². The highest BCUT2D eigenvalue weighted by Gasteiger charge is 2.20. The Balaban J connectivity index is 1.89. The molecule has 0 saturated carbocycles. The molecule has 3 aromatic rings. The van der Waals surface area contributed by atoms with Gasteiger partial charge in [0.2, 0.25) is 11.7 Å². The number of nitrogens with one attached hydrogen (secondary N) is 2. The van der Waals surface area contributed by atoms with E-state index in [1.54, 1.807) is 12.1 Å². The third-order valence-corrected chi connectivity index (χ3v) is 5.24. The van der Waals surface area contributed by atoms with Crippen LogP contribution in [0.4, 0.5) is 15.8 Å². The highest BCUT2D eigenvalue weighted by molar-refractivity contribution is 7.92. The minimum absolute atomic E-state index is 0.0160. The van der Waals surface area contributed by atoms with Gasteiger partial charge in [-0.3, -0.25) is 14.3 Å². The van der Waals surface area contributed by atoms with Gasteiger partial charge in [-0.1, -0.05) is 12.1 Å². The van der Waals surface area contributed by atoms with Crippen LogP contribution in [0.5, 0.6) is 0 Å². The summed E-state index contributed by atoms with van der Waals surface area (Å²) in [5.74, 6) is -1.41.